The molecule has 0 aliphatic carbocycles. The Morgan fingerprint density at radius 1 is 1.17 bits per heavy atom. The second-order valence-electron chi connectivity index (χ2n) is 7.45. The molecule has 4 aromatic rings. The van der Waals surface area contributed by atoms with Crippen molar-refractivity contribution in [1.82, 2.24) is 19.6 Å². The van der Waals surface area contributed by atoms with E-state index in [9.17, 15) is 14.9 Å². The van der Waals surface area contributed by atoms with Crippen molar-refractivity contribution in [1.29, 1.82) is 0 Å². The molecule has 1 N–H and O–H groups in total. The van der Waals surface area contributed by atoms with E-state index in [1.807, 2.05) is 18.2 Å². The van der Waals surface area contributed by atoms with Crippen LogP contribution in [-0.2, 0) is 16.9 Å². The van der Waals surface area contributed by atoms with Gasteiger partial charge in [0, 0.05) is 12.3 Å². The van der Waals surface area contributed by atoms with E-state index in [1.165, 1.54) is 10.9 Å². The van der Waals surface area contributed by atoms with Crippen LogP contribution in [0, 0.1) is 10.1 Å². The Bertz CT molecular complexity index is 1240. The summed E-state index contributed by atoms with van der Waals surface area (Å²) in [5, 5.41) is 24.3. The fourth-order valence-electron chi connectivity index (χ4n) is 3.21. The number of carbonyl (C=O) groups is 1. The van der Waals surface area contributed by atoms with Gasteiger partial charge in [-0.2, -0.15) is 10.2 Å². The first kappa shape index (κ1) is 19.3. The Labute approximate surface area is 172 Å². The third kappa shape index (κ3) is 3.64. The summed E-state index contributed by atoms with van der Waals surface area (Å²) < 4.78 is 3.02. The number of amides is 1. The van der Waals surface area contributed by atoms with E-state index in [2.05, 4.69) is 39.8 Å². The first-order valence-electron chi connectivity index (χ1n) is 9.36. The van der Waals surface area contributed by atoms with Crippen LogP contribution in [0.4, 0.5) is 11.5 Å². The van der Waals surface area contributed by atoms with E-state index in [0.29, 0.717) is 12.4 Å². The van der Waals surface area contributed by atoms with Crippen molar-refractivity contribution >= 4 is 28.2 Å². The minimum absolute atomic E-state index is 0.171. The van der Waals surface area contributed by atoms with Gasteiger partial charge in [0.25, 0.3) is 5.91 Å². The number of aromatic nitrogens is 4. The lowest BCUT2D eigenvalue weighted by Gasteiger charge is -2.23. The zero-order chi connectivity index (χ0) is 21.3. The predicted molar refractivity (Wildman–Crippen MR) is 112 cm³/mol. The molecule has 0 saturated heterocycles. The molecule has 0 aliphatic rings. The van der Waals surface area contributed by atoms with E-state index in [4.69, 9.17) is 0 Å². The van der Waals surface area contributed by atoms with E-state index >= 15 is 0 Å². The average molecular weight is 404 g/mol. The number of benzene rings is 2. The molecule has 4 rings (SSSR count). The van der Waals surface area contributed by atoms with Crippen molar-refractivity contribution in [3.05, 3.63) is 82.8 Å². The zero-order valence-corrected chi connectivity index (χ0v) is 16.5. The minimum atomic E-state index is -1.13. The van der Waals surface area contributed by atoms with E-state index in [0.717, 1.165) is 22.5 Å². The third-order valence-electron chi connectivity index (χ3n) is 5.00. The van der Waals surface area contributed by atoms with Gasteiger partial charge in [-0.15, -0.1) is 0 Å². The fraction of sp³-hybridized carbons (Fsp3) is 0.190. The van der Waals surface area contributed by atoms with Crippen LogP contribution in [0.15, 0.2) is 67.1 Å². The van der Waals surface area contributed by atoms with Crippen molar-refractivity contribution in [2.45, 2.75) is 25.9 Å². The van der Waals surface area contributed by atoms with Gasteiger partial charge >= 0.3 is 5.69 Å². The number of fused-ring (bicyclic) bond motifs is 1. The van der Waals surface area contributed by atoms with Crippen molar-refractivity contribution in [3.8, 4) is 0 Å². The number of carbonyl (C=O) groups excluding carboxylic acids is 1. The molecule has 2 heterocycles. The van der Waals surface area contributed by atoms with Crippen LogP contribution in [0.3, 0.4) is 0 Å². The smallest absolute Gasteiger partial charge is 0.307 e. The fourth-order valence-corrected chi connectivity index (χ4v) is 3.21. The number of nitro groups is 1. The monoisotopic (exact) mass is 404 g/mol. The topological polar surface area (TPSA) is 108 Å². The van der Waals surface area contributed by atoms with Crippen LogP contribution in [0.2, 0.25) is 0 Å². The van der Waals surface area contributed by atoms with Gasteiger partial charge in [-0.3, -0.25) is 24.3 Å². The second-order valence-corrected chi connectivity index (χ2v) is 7.45. The molecular formula is C21H20N6O3. The van der Waals surface area contributed by atoms with Gasteiger partial charge in [0.05, 0.1) is 11.5 Å². The predicted octanol–water partition coefficient (Wildman–Crippen LogP) is 3.56. The molecule has 30 heavy (non-hydrogen) atoms. The summed E-state index contributed by atoms with van der Waals surface area (Å²) in [6.07, 6.45) is 4.15. The van der Waals surface area contributed by atoms with E-state index < -0.39 is 10.5 Å². The van der Waals surface area contributed by atoms with Crippen LogP contribution in [0.25, 0.3) is 10.8 Å². The van der Waals surface area contributed by atoms with Gasteiger partial charge in [-0.1, -0.05) is 42.5 Å². The van der Waals surface area contributed by atoms with E-state index in [1.54, 1.807) is 30.8 Å². The van der Waals surface area contributed by atoms with Gasteiger partial charge in [0.2, 0.25) is 0 Å². The highest BCUT2D eigenvalue weighted by Gasteiger charge is 2.32. The number of hydrogen-bond donors (Lipinski definition) is 1. The first-order valence-corrected chi connectivity index (χ1v) is 9.36. The van der Waals surface area contributed by atoms with Gasteiger partial charge in [-0.25, -0.2) is 0 Å². The lowest BCUT2D eigenvalue weighted by molar-refractivity contribution is -0.385. The van der Waals surface area contributed by atoms with Crippen LogP contribution in [0.5, 0.6) is 0 Å². The summed E-state index contributed by atoms with van der Waals surface area (Å²) in [6, 6.07) is 16.0. The summed E-state index contributed by atoms with van der Waals surface area (Å²) in [5.74, 6) is 0.0193. The molecule has 0 bridgehead atoms. The standard InChI is InChI=1S/C21H20N6O3/c1-21(2,26-14-17(12-22-26)27(29)30)20(28)23-19-10-11-25(24-19)13-16-8-5-7-15-6-3-4-9-18(15)16/h3-12,14H,13H2,1-2H3,(H,23,24,28). The molecule has 0 saturated carbocycles. The number of hydrogen-bond acceptors (Lipinski definition) is 5. The zero-order valence-electron chi connectivity index (χ0n) is 16.5. The van der Waals surface area contributed by atoms with Gasteiger partial charge in [0.15, 0.2) is 5.82 Å². The largest absolute Gasteiger partial charge is 0.307 e. The molecule has 2 aromatic heterocycles. The Balaban J connectivity index is 1.49. The normalized spacial score (nSPS) is 11.5. The Kier molecular flexibility index (Phi) is 4.78. The maximum Gasteiger partial charge on any atom is 0.307 e. The number of nitrogens with zero attached hydrogens (tertiary/aromatic N) is 5. The van der Waals surface area contributed by atoms with Crippen LogP contribution < -0.4 is 5.32 Å². The molecule has 152 valence electrons. The Morgan fingerprint density at radius 3 is 2.70 bits per heavy atom. The summed E-state index contributed by atoms with van der Waals surface area (Å²) >= 11 is 0. The lowest BCUT2D eigenvalue weighted by atomic mass is 10.0. The first-order chi connectivity index (χ1) is 14.3. The quantitative estimate of drug-likeness (QED) is 0.390. The molecule has 0 aliphatic heterocycles. The van der Waals surface area contributed by atoms with E-state index in [-0.39, 0.29) is 11.6 Å². The molecule has 0 atom stereocenters. The van der Waals surface area contributed by atoms with Crippen molar-refractivity contribution in [2.24, 2.45) is 0 Å². The average Bonchev–Trinajstić information content (AvgIpc) is 3.38. The molecule has 1 amide bonds. The van der Waals surface area contributed by atoms with Crippen molar-refractivity contribution in [3.63, 3.8) is 0 Å². The van der Waals surface area contributed by atoms with Gasteiger partial charge in [-0.05, 0) is 30.2 Å². The Hall–Kier alpha value is -4.01. The molecule has 0 unspecified atom stereocenters. The summed E-state index contributed by atoms with van der Waals surface area (Å²) in [7, 11) is 0. The molecule has 9 nitrogen and oxygen atoms in total. The summed E-state index contributed by atoms with van der Waals surface area (Å²) in [5.41, 5.74) is -0.179. The number of anilines is 1. The van der Waals surface area contributed by atoms with Crippen molar-refractivity contribution in [2.75, 3.05) is 5.32 Å². The van der Waals surface area contributed by atoms with Crippen LogP contribution in [0.1, 0.15) is 19.4 Å². The molecule has 0 fully saturated rings. The maximum atomic E-state index is 12.8. The highest BCUT2D eigenvalue weighted by atomic mass is 16.6. The molecule has 9 heteroatoms. The van der Waals surface area contributed by atoms with Crippen molar-refractivity contribution < 1.29 is 9.72 Å². The molecule has 0 radical (unpaired) electrons. The highest BCUT2D eigenvalue weighted by Crippen LogP contribution is 2.22. The maximum absolute atomic E-state index is 12.8. The van der Waals surface area contributed by atoms with Crippen LogP contribution in [-0.4, -0.2) is 30.4 Å². The van der Waals surface area contributed by atoms with Crippen LogP contribution >= 0.6 is 0 Å². The van der Waals surface area contributed by atoms with Gasteiger partial charge < -0.3 is 5.32 Å². The number of nitrogens with one attached hydrogen (secondary N) is 1. The summed E-state index contributed by atoms with van der Waals surface area (Å²) in [6.45, 7) is 3.82. The SMILES string of the molecule is CC(C)(C(=O)Nc1ccn(Cc2cccc3ccccc23)n1)n1cc([N+](=O)[O-])cn1. The highest BCUT2D eigenvalue weighted by molar-refractivity contribution is 5.95. The Morgan fingerprint density at radius 2 is 1.93 bits per heavy atom. The number of rotatable bonds is 6. The molecular weight excluding hydrogens is 384 g/mol. The van der Waals surface area contributed by atoms with Gasteiger partial charge in [0.1, 0.15) is 17.9 Å². The molecule has 2 aromatic carbocycles. The molecule has 0 spiro atoms. The minimum Gasteiger partial charge on any atom is -0.307 e. The third-order valence-corrected chi connectivity index (χ3v) is 5.00. The second kappa shape index (κ2) is 7.43. The lowest BCUT2D eigenvalue weighted by Crippen LogP contribution is -2.40. The summed E-state index contributed by atoms with van der Waals surface area (Å²) in [4.78, 5) is 23.1.